The average molecular weight is 534 g/mol. The third-order valence-electron chi connectivity index (χ3n) is 5.82. The molecular formula is C26H29Cl2N3O5. The number of aliphatic imine (C=N–C) groups is 1. The van der Waals surface area contributed by atoms with Crippen molar-refractivity contribution in [1.82, 2.24) is 10.2 Å². The predicted octanol–water partition coefficient (Wildman–Crippen LogP) is 4.32. The second-order valence-corrected chi connectivity index (χ2v) is 9.15. The van der Waals surface area contributed by atoms with Crippen molar-refractivity contribution in [2.75, 3.05) is 27.3 Å². The lowest BCUT2D eigenvalue weighted by Gasteiger charge is -2.18. The maximum absolute atomic E-state index is 12.7. The number of nitrogens with zero attached hydrogens (tertiary/aromatic N) is 2. The van der Waals surface area contributed by atoms with Crippen LogP contribution in [0.3, 0.4) is 0 Å². The van der Waals surface area contributed by atoms with Gasteiger partial charge < -0.3 is 19.7 Å². The van der Waals surface area contributed by atoms with Crippen molar-refractivity contribution in [3.05, 3.63) is 63.6 Å². The number of rotatable bonds is 12. The number of amides is 2. The van der Waals surface area contributed by atoms with Crippen LogP contribution in [-0.4, -0.2) is 61.9 Å². The molecule has 0 saturated heterocycles. The minimum absolute atomic E-state index is 0.0436. The summed E-state index contributed by atoms with van der Waals surface area (Å²) < 4.78 is 10.7. The zero-order chi connectivity index (χ0) is 26.1. The topological polar surface area (TPSA) is 97.3 Å². The number of carbonyl (C=O) groups excluding carboxylic acids is 3. The zero-order valence-corrected chi connectivity index (χ0v) is 21.8. The van der Waals surface area contributed by atoms with Crippen molar-refractivity contribution in [3.8, 4) is 5.75 Å². The zero-order valence-electron chi connectivity index (χ0n) is 20.3. The van der Waals surface area contributed by atoms with Gasteiger partial charge >= 0.3 is 5.97 Å². The normalized spacial score (nSPS) is 13.8. The van der Waals surface area contributed by atoms with E-state index in [1.165, 1.54) is 7.11 Å². The van der Waals surface area contributed by atoms with Crippen LogP contribution in [-0.2, 0) is 20.7 Å². The summed E-state index contributed by atoms with van der Waals surface area (Å²) in [5, 5.41) is 3.05. The van der Waals surface area contributed by atoms with Gasteiger partial charge in [0.2, 0.25) is 5.91 Å². The summed E-state index contributed by atoms with van der Waals surface area (Å²) in [6.07, 6.45) is 3.81. The third-order valence-corrected chi connectivity index (χ3v) is 6.45. The van der Waals surface area contributed by atoms with Gasteiger partial charge in [0, 0.05) is 19.9 Å². The number of halogens is 2. The summed E-state index contributed by atoms with van der Waals surface area (Å²) in [6.45, 7) is 0.827. The number of hydrogen-bond acceptors (Lipinski definition) is 6. The fraction of sp³-hybridized carbons (Fsp3) is 0.385. The van der Waals surface area contributed by atoms with Gasteiger partial charge in [0.25, 0.3) is 5.91 Å². The molecule has 192 valence electrons. The fourth-order valence-corrected chi connectivity index (χ4v) is 4.32. The molecule has 0 fully saturated rings. The maximum atomic E-state index is 12.7. The van der Waals surface area contributed by atoms with Gasteiger partial charge in [-0.25, -0.2) is 4.79 Å². The van der Waals surface area contributed by atoms with Gasteiger partial charge in [0.15, 0.2) is 0 Å². The van der Waals surface area contributed by atoms with Crippen molar-refractivity contribution >= 4 is 46.8 Å². The van der Waals surface area contributed by atoms with Crippen molar-refractivity contribution in [2.24, 2.45) is 4.99 Å². The molecule has 0 aliphatic carbocycles. The number of benzene rings is 2. The third kappa shape index (κ3) is 7.45. The van der Waals surface area contributed by atoms with Crippen LogP contribution in [0.2, 0.25) is 10.0 Å². The van der Waals surface area contributed by atoms with Crippen LogP contribution in [0.5, 0.6) is 5.75 Å². The minimum Gasteiger partial charge on any atom is -0.494 e. The van der Waals surface area contributed by atoms with E-state index in [2.05, 4.69) is 10.3 Å². The monoisotopic (exact) mass is 533 g/mol. The van der Waals surface area contributed by atoms with Gasteiger partial charge in [-0.3, -0.25) is 14.6 Å². The average Bonchev–Trinajstić information content (AvgIpc) is 3.18. The van der Waals surface area contributed by atoms with E-state index in [4.69, 9.17) is 32.7 Å². The van der Waals surface area contributed by atoms with Crippen LogP contribution in [0.1, 0.15) is 41.6 Å². The molecule has 2 aromatic rings. The Kier molecular flexibility index (Phi) is 10.1. The number of esters is 1. The Hall–Kier alpha value is -3.10. The van der Waals surface area contributed by atoms with E-state index in [9.17, 15) is 14.4 Å². The molecule has 8 nitrogen and oxygen atoms in total. The van der Waals surface area contributed by atoms with E-state index in [0.717, 1.165) is 37.1 Å². The molecule has 3 rings (SSSR count). The van der Waals surface area contributed by atoms with Gasteiger partial charge in [0.05, 0.1) is 29.3 Å². The second kappa shape index (κ2) is 13.3. The second-order valence-electron chi connectivity index (χ2n) is 8.34. The van der Waals surface area contributed by atoms with E-state index >= 15 is 0 Å². The van der Waals surface area contributed by atoms with E-state index in [1.807, 2.05) is 24.3 Å². The first-order chi connectivity index (χ1) is 17.3. The van der Waals surface area contributed by atoms with Gasteiger partial charge in [-0.1, -0.05) is 41.4 Å². The molecule has 0 radical (unpaired) electrons. The summed E-state index contributed by atoms with van der Waals surface area (Å²) in [5.41, 5.74) is 0.925. The Bertz CT molecular complexity index is 1100. The van der Waals surface area contributed by atoms with Crippen LogP contribution in [0.25, 0.3) is 0 Å². The van der Waals surface area contributed by atoms with Crippen molar-refractivity contribution in [2.45, 2.75) is 38.1 Å². The number of methoxy groups -OCH3 is 1. The Morgan fingerprint density at radius 1 is 1.08 bits per heavy atom. The number of nitrogens with one attached hydrogen (secondary N) is 1. The maximum Gasteiger partial charge on any atom is 0.328 e. The Morgan fingerprint density at radius 2 is 1.78 bits per heavy atom. The molecule has 10 heteroatoms. The van der Waals surface area contributed by atoms with Crippen LogP contribution < -0.4 is 10.1 Å². The summed E-state index contributed by atoms with van der Waals surface area (Å²) >= 11 is 12.2. The highest BCUT2D eigenvalue weighted by atomic mass is 35.5. The molecule has 1 N–H and O–H groups in total. The summed E-state index contributed by atoms with van der Waals surface area (Å²) in [5.74, 6) is 0.478. The molecule has 2 aromatic carbocycles. The van der Waals surface area contributed by atoms with E-state index in [1.54, 1.807) is 30.1 Å². The first-order valence-electron chi connectivity index (χ1n) is 11.6. The first-order valence-corrected chi connectivity index (χ1v) is 12.4. The Morgan fingerprint density at radius 3 is 2.39 bits per heavy atom. The highest BCUT2D eigenvalue weighted by Gasteiger charge is 2.25. The Labute approximate surface area is 220 Å². The first kappa shape index (κ1) is 27.5. The van der Waals surface area contributed by atoms with Gasteiger partial charge in [-0.05, 0) is 49.1 Å². The van der Waals surface area contributed by atoms with Crippen molar-refractivity contribution < 1.29 is 23.9 Å². The molecule has 1 heterocycles. The highest BCUT2D eigenvalue weighted by molar-refractivity contribution is 6.39. The van der Waals surface area contributed by atoms with E-state index in [0.29, 0.717) is 12.4 Å². The molecule has 0 aromatic heterocycles. The quantitative estimate of drug-likeness (QED) is 0.323. The van der Waals surface area contributed by atoms with Crippen molar-refractivity contribution in [3.63, 3.8) is 0 Å². The number of unbranched alkanes of at least 4 members (excludes halogenated alkanes) is 2. The summed E-state index contributed by atoms with van der Waals surface area (Å²) in [6, 6.07) is 11.2. The smallest absolute Gasteiger partial charge is 0.328 e. The number of ether oxygens (including phenoxy) is 2. The molecule has 0 spiro atoms. The number of carbonyl (C=O) groups is 3. The van der Waals surface area contributed by atoms with Gasteiger partial charge in [-0.15, -0.1) is 0 Å². The van der Waals surface area contributed by atoms with Gasteiger partial charge in [-0.2, -0.15) is 0 Å². The minimum atomic E-state index is -0.916. The molecule has 0 saturated carbocycles. The lowest BCUT2D eigenvalue weighted by molar-refractivity contribution is -0.142. The Balaban J connectivity index is 1.46. The fourth-order valence-electron chi connectivity index (χ4n) is 3.75. The van der Waals surface area contributed by atoms with Crippen molar-refractivity contribution in [1.29, 1.82) is 0 Å². The van der Waals surface area contributed by atoms with Crippen LogP contribution >= 0.6 is 23.2 Å². The van der Waals surface area contributed by atoms with Gasteiger partial charge in [0.1, 0.15) is 24.2 Å². The largest absolute Gasteiger partial charge is 0.494 e. The molecule has 1 atom stereocenters. The molecule has 36 heavy (non-hydrogen) atoms. The van der Waals surface area contributed by atoms with E-state index < -0.39 is 17.9 Å². The molecule has 0 bridgehead atoms. The summed E-state index contributed by atoms with van der Waals surface area (Å²) in [4.78, 5) is 42.4. The van der Waals surface area contributed by atoms with Crippen LogP contribution in [0.4, 0.5) is 0 Å². The number of likely N-dealkylation sites (N-methyl/N-ethyl adjacent to an activating group) is 1. The highest BCUT2D eigenvalue weighted by Crippen LogP contribution is 2.24. The van der Waals surface area contributed by atoms with E-state index in [-0.39, 0.29) is 34.5 Å². The molecular weight excluding hydrogens is 505 g/mol. The number of hydrogen-bond donors (Lipinski definition) is 1. The van der Waals surface area contributed by atoms with Crippen LogP contribution in [0, 0.1) is 0 Å². The SMILES string of the molecule is COC(=O)[C@H](Cc1ccc(OCCCCCC2=NCC(=O)N2C)cc1)NC(=O)c1c(Cl)cccc1Cl. The number of amidine groups is 1. The molecule has 2 amide bonds. The predicted molar refractivity (Wildman–Crippen MR) is 139 cm³/mol. The lowest BCUT2D eigenvalue weighted by atomic mass is 10.0. The molecule has 0 unspecified atom stereocenters. The standard InChI is InChI=1S/C26H29Cl2N3O5/c1-31-22(29-16-23(31)32)9-4-3-5-14-36-18-12-10-17(11-13-18)15-21(26(34)35-2)30-25(33)24-19(27)7-6-8-20(24)28/h6-8,10-13,21H,3-5,9,14-16H2,1-2H3,(H,30,33)/t21-/m0/s1. The van der Waals surface area contributed by atoms with Crippen LogP contribution in [0.15, 0.2) is 47.5 Å². The summed E-state index contributed by atoms with van der Waals surface area (Å²) in [7, 11) is 3.02. The molecule has 1 aliphatic heterocycles. The lowest BCUT2D eigenvalue weighted by Crippen LogP contribution is -2.43. The molecule has 1 aliphatic rings.